The number of hydrogen-bond acceptors (Lipinski definition) is 3. The number of ether oxygens (including phenoxy) is 1. The molecule has 6 heteroatoms. The summed E-state index contributed by atoms with van der Waals surface area (Å²) < 4.78 is 5.62. The van der Waals surface area contributed by atoms with E-state index in [1.165, 1.54) is 51.7 Å². The number of rotatable bonds is 10. The molecule has 0 radical (unpaired) electrons. The predicted octanol–water partition coefficient (Wildman–Crippen LogP) is 2.07. The van der Waals surface area contributed by atoms with Crippen LogP contribution < -0.4 is 10.6 Å². The maximum absolute atomic E-state index is 5.62. The molecule has 0 atom stereocenters. The molecular weight excluding hydrogens is 391 g/mol. The molecule has 2 aliphatic rings. The lowest BCUT2D eigenvalue weighted by Crippen LogP contribution is -2.39. The molecule has 22 heavy (non-hydrogen) atoms. The zero-order chi connectivity index (χ0) is 14.8. The third kappa shape index (κ3) is 9.15. The summed E-state index contributed by atoms with van der Waals surface area (Å²) in [5, 5.41) is 6.73. The summed E-state index contributed by atoms with van der Waals surface area (Å²) in [6.45, 7) is 7.52. The van der Waals surface area contributed by atoms with Crippen molar-refractivity contribution in [2.24, 2.45) is 10.9 Å². The standard InChI is InChI=1S/C16H32N4O.HI/c1-17-16(18-8-4-12-20-10-2-3-11-20)19-9-5-13-21-14-15-6-7-15;/h15H,2-14H2,1H3,(H2,17,18,19);1H. The van der Waals surface area contributed by atoms with E-state index >= 15 is 0 Å². The molecule has 5 nitrogen and oxygen atoms in total. The van der Waals surface area contributed by atoms with Gasteiger partial charge in [-0.05, 0) is 64.1 Å². The molecule has 1 aliphatic heterocycles. The van der Waals surface area contributed by atoms with E-state index in [9.17, 15) is 0 Å². The lowest BCUT2D eigenvalue weighted by molar-refractivity contribution is 0.123. The number of halogens is 1. The van der Waals surface area contributed by atoms with Gasteiger partial charge >= 0.3 is 0 Å². The second-order valence-corrected chi connectivity index (χ2v) is 6.20. The van der Waals surface area contributed by atoms with Crippen LogP contribution in [0.25, 0.3) is 0 Å². The van der Waals surface area contributed by atoms with Crippen LogP contribution in [-0.2, 0) is 4.74 Å². The van der Waals surface area contributed by atoms with E-state index in [0.717, 1.165) is 44.6 Å². The van der Waals surface area contributed by atoms with Gasteiger partial charge in [-0.25, -0.2) is 0 Å². The Kier molecular flexibility index (Phi) is 11.2. The second-order valence-electron chi connectivity index (χ2n) is 6.20. The van der Waals surface area contributed by atoms with Gasteiger partial charge in [-0.1, -0.05) is 0 Å². The van der Waals surface area contributed by atoms with Crippen LogP contribution in [0.5, 0.6) is 0 Å². The van der Waals surface area contributed by atoms with Crippen molar-refractivity contribution < 1.29 is 4.74 Å². The molecule has 2 N–H and O–H groups in total. The Balaban J connectivity index is 0.00000242. The van der Waals surface area contributed by atoms with Crippen molar-refractivity contribution in [3.8, 4) is 0 Å². The van der Waals surface area contributed by atoms with E-state index in [1.54, 1.807) is 0 Å². The number of aliphatic imine (C=N–C) groups is 1. The molecule has 0 bridgehead atoms. The average Bonchev–Trinajstić information content (AvgIpc) is 3.18. The highest BCUT2D eigenvalue weighted by Gasteiger charge is 2.20. The number of guanidine groups is 1. The van der Waals surface area contributed by atoms with E-state index < -0.39 is 0 Å². The Labute approximate surface area is 152 Å². The zero-order valence-corrected chi connectivity index (χ0v) is 16.3. The van der Waals surface area contributed by atoms with Gasteiger partial charge in [0.1, 0.15) is 0 Å². The number of nitrogens with one attached hydrogen (secondary N) is 2. The van der Waals surface area contributed by atoms with Gasteiger partial charge in [0.05, 0.1) is 0 Å². The van der Waals surface area contributed by atoms with Gasteiger partial charge in [0.2, 0.25) is 0 Å². The lowest BCUT2D eigenvalue weighted by Gasteiger charge is -2.16. The van der Waals surface area contributed by atoms with E-state index in [1.807, 2.05) is 7.05 Å². The molecule has 0 aromatic carbocycles. The first-order valence-electron chi connectivity index (χ1n) is 8.63. The highest BCUT2D eigenvalue weighted by Crippen LogP contribution is 2.28. The van der Waals surface area contributed by atoms with E-state index in [0.29, 0.717) is 0 Å². The summed E-state index contributed by atoms with van der Waals surface area (Å²) in [6.07, 6.45) is 7.71. The van der Waals surface area contributed by atoms with E-state index in [-0.39, 0.29) is 24.0 Å². The van der Waals surface area contributed by atoms with Gasteiger partial charge in [0, 0.05) is 33.4 Å². The van der Waals surface area contributed by atoms with Crippen molar-refractivity contribution in [2.75, 3.05) is 53.0 Å². The van der Waals surface area contributed by atoms with Crippen molar-refractivity contribution in [1.82, 2.24) is 15.5 Å². The summed E-state index contributed by atoms with van der Waals surface area (Å²) in [4.78, 5) is 6.80. The third-order valence-electron chi connectivity index (χ3n) is 4.17. The SMILES string of the molecule is CN=C(NCCCOCC1CC1)NCCCN1CCCC1.I. The summed E-state index contributed by atoms with van der Waals surface area (Å²) in [5.74, 6) is 1.78. The maximum atomic E-state index is 5.62. The molecule has 1 aliphatic carbocycles. The Morgan fingerprint density at radius 1 is 1.14 bits per heavy atom. The predicted molar refractivity (Wildman–Crippen MR) is 103 cm³/mol. The monoisotopic (exact) mass is 424 g/mol. The minimum absolute atomic E-state index is 0. The molecule has 0 aromatic heterocycles. The molecule has 2 fully saturated rings. The van der Waals surface area contributed by atoms with Gasteiger partial charge in [-0.3, -0.25) is 4.99 Å². The van der Waals surface area contributed by atoms with Crippen molar-refractivity contribution in [2.45, 2.75) is 38.5 Å². The molecule has 0 aromatic rings. The van der Waals surface area contributed by atoms with E-state index in [2.05, 4.69) is 20.5 Å². The fraction of sp³-hybridized carbons (Fsp3) is 0.938. The second kappa shape index (κ2) is 12.4. The van der Waals surface area contributed by atoms with Gasteiger partial charge in [-0.2, -0.15) is 0 Å². The highest BCUT2D eigenvalue weighted by atomic mass is 127. The first kappa shape index (κ1) is 20.0. The number of hydrogen-bond donors (Lipinski definition) is 2. The molecule has 0 unspecified atom stereocenters. The first-order valence-corrected chi connectivity index (χ1v) is 8.63. The largest absolute Gasteiger partial charge is 0.381 e. The van der Waals surface area contributed by atoms with Crippen LogP contribution >= 0.6 is 24.0 Å². The van der Waals surface area contributed by atoms with Crippen LogP contribution in [0.4, 0.5) is 0 Å². The van der Waals surface area contributed by atoms with Crippen LogP contribution in [0.3, 0.4) is 0 Å². The summed E-state index contributed by atoms with van der Waals surface area (Å²) >= 11 is 0. The maximum Gasteiger partial charge on any atom is 0.190 e. The average molecular weight is 424 g/mol. The summed E-state index contributed by atoms with van der Waals surface area (Å²) in [6, 6.07) is 0. The number of nitrogens with zero attached hydrogens (tertiary/aromatic N) is 2. The van der Waals surface area contributed by atoms with Crippen molar-refractivity contribution in [3.63, 3.8) is 0 Å². The quantitative estimate of drug-likeness (QED) is 0.244. The molecule has 0 spiro atoms. The van der Waals surface area contributed by atoms with Crippen LogP contribution in [0, 0.1) is 5.92 Å². The van der Waals surface area contributed by atoms with Crippen LogP contribution in [-0.4, -0.2) is 63.8 Å². The molecule has 1 saturated carbocycles. The molecular formula is C16H33IN4O. The van der Waals surface area contributed by atoms with Crippen molar-refractivity contribution >= 4 is 29.9 Å². The minimum atomic E-state index is 0. The Morgan fingerprint density at radius 3 is 2.45 bits per heavy atom. The fourth-order valence-electron chi connectivity index (χ4n) is 2.65. The van der Waals surface area contributed by atoms with Gasteiger partial charge in [0.15, 0.2) is 5.96 Å². The molecule has 1 heterocycles. The Morgan fingerprint density at radius 2 is 1.82 bits per heavy atom. The van der Waals surface area contributed by atoms with Gasteiger partial charge in [-0.15, -0.1) is 24.0 Å². The van der Waals surface area contributed by atoms with Crippen LogP contribution in [0.2, 0.25) is 0 Å². The molecule has 0 amide bonds. The normalized spacial score (nSPS) is 19.0. The fourth-order valence-corrected chi connectivity index (χ4v) is 2.65. The molecule has 130 valence electrons. The van der Waals surface area contributed by atoms with Gasteiger partial charge < -0.3 is 20.3 Å². The Bertz CT molecular complexity index is 305. The zero-order valence-electron chi connectivity index (χ0n) is 14.0. The van der Waals surface area contributed by atoms with Gasteiger partial charge in [0.25, 0.3) is 0 Å². The number of likely N-dealkylation sites (tertiary alicyclic amines) is 1. The summed E-state index contributed by atoms with van der Waals surface area (Å²) in [7, 11) is 1.83. The smallest absolute Gasteiger partial charge is 0.190 e. The molecule has 2 rings (SSSR count). The third-order valence-corrected chi connectivity index (χ3v) is 4.17. The Hall–Kier alpha value is -0.0800. The van der Waals surface area contributed by atoms with Crippen molar-refractivity contribution in [3.05, 3.63) is 0 Å². The first-order chi connectivity index (χ1) is 10.4. The van der Waals surface area contributed by atoms with E-state index in [4.69, 9.17) is 4.74 Å². The van der Waals surface area contributed by atoms with Crippen LogP contribution in [0.15, 0.2) is 4.99 Å². The topological polar surface area (TPSA) is 48.9 Å². The highest BCUT2D eigenvalue weighted by molar-refractivity contribution is 14.0. The van der Waals surface area contributed by atoms with Crippen molar-refractivity contribution in [1.29, 1.82) is 0 Å². The van der Waals surface area contributed by atoms with Crippen LogP contribution in [0.1, 0.15) is 38.5 Å². The summed E-state index contributed by atoms with van der Waals surface area (Å²) in [5.41, 5.74) is 0. The minimum Gasteiger partial charge on any atom is -0.381 e. The lowest BCUT2D eigenvalue weighted by atomic mass is 10.4. The molecule has 1 saturated heterocycles.